The third-order valence-electron chi connectivity index (χ3n) is 5.26. The van der Waals surface area contributed by atoms with E-state index in [9.17, 15) is 4.39 Å². The summed E-state index contributed by atoms with van der Waals surface area (Å²) in [5.74, 6) is 1.04. The van der Waals surface area contributed by atoms with E-state index < -0.39 is 0 Å². The SMILES string of the molecule is COc1cccc(CN2CCCC(c3[nH]ncc3-c3cccc(F)c3)C2)c1. The average molecular weight is 365 g/mol. The van der Waals surface area contributed by atoms with Crippen molar-refractivity contribution in [1.29, 1.82) is 0 Å². The van der Waals surface area contributed by atoms with Crippen molar-refractivity contribution in [2.75, 3.05) is 20.2 Å². The zero-order valence-electron chi connectivity index (χ0n) is 15.5. The molecule has 0 bridgehead atoms. The summed E-state index contributed by atoms with van der Waals surface area (Å²) >= 11 is 0. The van der Waals surface area contributed by atoms with Crippen molar-refractivity contribution in [1.82, 2.24) is 15.1 Å². The number of piperidine rings is 1. The molecular weight excluding hydrogens is 341 g/mol. The van der Waals surface area contributed by atoms with Gasteiger partial charge in [0, 0.05) is 30.3 Å². The Morgan fingerprint density at radius 3 is 2.96 bits per heavy atom. The van der Waals surface area contributed by atoms with E-state index in [1.807, 2.05) is 24.4 Å². The van der Waals surface area contributed by atoms with Gasteiger partial charge >= 0.3 is 0 Å². The van der Waals surface area contributed by atoms with Gasteiger partial charge in [0.25, 0.3) is 0 Å². The monoisotopic (exact) mass is 365 g/mol. The molecule has 0 spiro atoms. The minimum Gasteiger partial charge on any atom is -0.497 e. The lowest BCUT2D eigenvalue weighted by Gasteiger charge is -2.32. The van der Waals surface area contributed by atoms with Gasteiger partial charge < -0.3 is 4.74 Å². The summed E-state index contributed by atoms with van der Waals surface area (Å²) in [4.78, 5) is 2.47. The highest BCUT2D eigenvalue weighted by Crippen LogP contribution is 2.33. The molecular formula is C22H24FN3O. The lowest BCUT2D eigenvalue weighted by molar-refractivity contribution is 0.198. The lowest BCUT2D eigenvalue weighted by atomic mass is 9.90. The van der Waals surface area contributed by atoms with Crippen molar-refractivity contribution in [2.45, 2.75) is 25.3 Å². The molecule has 1 unspecified atom stereocenters. The Bertz CT molecular complexity index is 908. The van der Waals surface area contributed by atoms with Gasteiger partial charge in [0.1, 0.15) is 11.6 Å². The van der Waals surface area contributed by atoms with Crippen molar-refractivity contribution in [3.63, 3.8) is 0 Å². The molecule has 1 atom stereocenters. The molecule has 4 rings (SSSR count). The number of nitrogens with one attached hydrogen (secondary N) is 1. The predicted octanol–water partition coefficient (Wildman–Crippen LogP) is 4.60. The highest BCUT2D eigenvalue weighted by molar-refractivity contribution is 5.65. The van der Waals surface area contributed by atoms with Gasteiger partial charge in [0.2, 0.25) is 0 Å². The fourth-order valence-electron chi connectivity index (χ4n) is 3.96. The molecule has 27 heavy (non-hydrogen) atoms. The number of nitrogens with zero attached hydrogens (tertiary/aromatic N) is 2. The van der Waals surface area contributed by atoms with Gasteiger partial charge in [0.15, 0.2) is 0 Å². The maximum atomic E-state index is 13.7. The standard InChI is InChI=1S/C22H24FN3O/c1-27-20-9-2-5-16(11-20)14-26-10-4-7-18(15-26)22-21(13-24-25-22)17-6-3-8-19(23)12-17/h2-3,5-6,8-9,11-13,18H,4,7,10,14-15H2,1H3,(H,24,25). The molecule has 1 aromatic heterocycles. The smallest absolute Gasteiger partial charge is 0.123 e. The molecule has 5 heteroatoms. The first-order valence-corrected chi connectivity index (χ1v) is 9.37. The van der Waals surface area contributed by atoms with Crippen LogP contribution in [0.2, 0.25) is 0 Å². The summed E-state index contributed by atoms with van der Waals surface area (Å²) in [5, 5.41) is 7.43. The number of rotatable bonds is 5. The van der Waals surface area contributed by atoms with Crippen LogP contribution in [0.1, 0.15) is 30.0 Å². The second kappa shape index (κ2) is 7.92. The number of halogens is 1. The topological polar surface area (TPSA) is 41.1 Å². The zero-order chi connectivity index (χ0) is 18.6. The summed E-state index contributed by atoms with van der Waals surface area (Å²) in [5.41, 5.74) is 4.24. The molecule has 2 aromatic carbocycles. The van der Waals surface area contributed by atoms with Crippen LogP contribution in [-0.2, 0) is 6.54 Å². The number of benzene rings is 2. The molecule has 1 N–H and O–H groups in total. The second-order valence-electron chi connectivity index (χ2n) is 7.13. The average Bonchev–Trinajstić information content (AvgIpc) is 3.18. The summed E-state index contributed by atoms with van der Waals surface area (Å²) in [6.45, 7) is 2.94. The molecule has 2 heterocycles. The molecule has 0 radical (unpaired) electrons. The van der Waals surface area contributed by atoms with E-state index in [1.165, 1.54) is 11.6 Å². The summed E-state index contributed by atoms with van der Waals surface area (Å²) in [7, 11) is 1.70. The predicted molar refractivity (Wildman–Crippen MR) is 104 cm³/mol. The van der Waals surface area contributed by atoms with Crippen molar-refractivity contribution in [2.24, 2.45) is 0 Å². The Morgan fingerprint density at radius 2 is 2.11 bits per heavy atom. The van der Waals surface area contributed by atoms with E-state index in [0.717, 1.165) is 55.0 Å². The molecule has 1 aliphatic heterocycles. The number of hydrogen-bond acceptors (Lipinski definition) is 3. The van der Waals surface area contributed by atoms with Gasteiger partial charge in [0.05, 0.1) is 13.3 Å². The van der Waals surface area contributed by atoms with Crippen LogP contribution in [0, 0.1) is 5.82 Å². The maximum absolute atomic E-state index is 13.7. The van der Waals surface area contributed by atoms with E-state index >= 15 is 0 Å². The normalized spacial score (nSPS) is 17.8. The minimum absolute atomic E-state index is 0.219. The molecule has 1 aliphatic rings. The van der Waals surface area contributed by atoms with Gasteiger partial charge in [-0.05, 0) is 54.8 Å². The Kier molecular flexibility index (Phi) is 5.21. The van der Waals surface area contributed by atoms with Gasteiger partial charge in [-0.1, -0.05) is 24.3 Å². The van der Waals surface area contributed by atoms with Crippen molar-refractivity contribution in [3.8, 4) is 16.9 Å². The molecule has 1 fully saturated rings. The highest BCUT2D eigenvalue weighted by Gasteiger charge is 2.25. The van der Waals surface area contributed by atoms with Crippen LogP contribution in [0.25, 0.3) is 11.1 Å². The van der Waals surface area contributed by atoms with Crippen LogP contribution >= 0.6 is 0 Å². The number of H-pyrrole nitrogens is 1. The Morgan fingerprint density at radius 1 is 1.22 bits per heavy atom. The number of ether oxygens (including phenoxy) is 1. The summed E-state index contributed by atoms with van der Waals surface area (Å²) in [6.07, 6.45) is 4.06. The fourth-order valence-corrected chi connectivity index (χ4v) is 3.96. The maximum Gasteiger partial charge on any atom is 0.123 e. The van der Waals surface area contributed by atoms with E-state index in [2.05, 4.69) is 27.2 Å². The van der Waals surface area contributed by atoms with Crippen LogP contribution in [0.5, 0.6) is 5.75 Å². The molecule has 0 saturated carbocycles. The first-order chi connectivity index (χ1) is 13.2. The quantitative estimate of drug-likeness (QED) is 0.718. The molecule has 140 valence electrons. The molecule has 3 aromatic rings. The second-order valence-corrected chi connectivity index (χ2v) is 7.13. The van der Waals surface area contributed by atoms with Gasteiger partial charge in [-0.3, -0.25) is 10.00 Å². The number of hydrogen-bond donors (Lipinski definition) is 1. The molecule has 0 aliphatic carbocycles. The number of methoxy groups -OCH3 is 1. The van der Waals surface area contributed by atoms with E-state index in [0.29, 0.717) is 5.92 Å². The van der Waals surface area contributed by atoms with Crippen LogP contribution < -0.4 is 4.74 Å². The van der Waals surface area contributed by atoms with Crippen LogP contribution in [-0.4, -0.2) is 35.3 Å². The van der Waals surface area contributed by atoms with Crippen LogP contribution in [0.3, 0.4) is 0 Å². The van der Waals surface area contributed by atoms with Gasteiger partial charge in [-0.15, -0.1) is 0 Å². The van der Waals surface area contributed by atoms with E-state index in [-0.39, 0.29) is 5.82 Å². The lowest BCUT2D eigenvalue weighted by Crippen LogP contribution is -2.34. The Balaban J connectivity index is 1.51. The van der Waals surface area contributed by atoms with Gasteiger partial charge in [-0.25, -0.2) is 4.39 Å². The highest BCUT2D eigenvalue weighted by atomic mass is 19.1. The van der Waals surface area contributed by atoms with E-state index in [1.54, 1.807) is 19.2 Å². The van der Waals surface area contributed by atoms with Crippen molar-refractivity contribution < 1.29 is 9.13 Å². The number of aromatic amines is 1. The largest absolute Gasteiger partial charge is 0.497 e. The fraction of sp³-hybridized carbons (Fsp3) is 0.318. The Labute approximate surface area is 159 Å². The minimum atomic E-state index is -0.219. The van der Waals surface area contributed by atoms with Crippen molar-refractivity contribution in [3.05, 3.63) is 71.8 Å². The van der Waals surface area contributed by atoms with Gasteiger partial charge in [-0.2, -0.15) is 5.10 Å². The number of likely N-dealkylation sites (tertiary alicyclic amines) is 1. The van der Waals surface area contributed by atoms with E-state index in [4.69, 9.17) is 4.74 Å². The summed E-state index contributed by atoms with van der Waals surface area (Å²) < 4.78 is 19.0. The third-order valence-corrected chi connectivity index (χ3v) is 5.26. The first-order valence-electron chi connectivity index (χ1n) is 9.37. The molecule has 1 saturated heterocycles. The van der Waals surface area contributed by atoms with Crippen LogP contribution in [0.4, 0.5) is 4.39 Å². The first kappa shape index (κ1) is 17.7. The Hall–Kier alpha value is -2.66. The number of aromatic nitrogens is 2. The third kappa shape index (κ3) is 4.03. The molecule has 4 nitrogen and oxygen atoms in total. The zero-order valence-corrected chi connectivity index (χ0v) is 15.5. The summed E-state index contributed by atoms with van der Waals surface area (Å²) in [6, 6.07) is 15.0. The molecule has 0 amide bonds. The van der Waals surface area contributed by atoms with Crippen LogP contribution in [0.15, 0.2) is 54.7 Å². The van der Waals surface area contributed by atoms with Crippen molar-refractivity contribution >= 4 is 0 Å².